The maximum Gasteiger partial charge on any atom is 0.262 e. The minimum absolute atomic E-state index is 0.156. The number of nitrogens with one attached hydrogen (secondary N) is 2. The Kier molecular flexibility index (Phi) is 6.58. The first-order valence-electron chi connectivity index (χ1n) is 11.4. The molecule has 0 fully saturated rings. The Hall–Kier alpha value is -5.05. The lowest BCUT2D eigenvalue weighted by molar-refractivity contribution is -0.120. The number of halogens is 1. The van der Waals surface area contributed by atoms with E-state index in [1.807, 2.05) is 30.3 Å². The normalized spacial score (nSPS) is 12.2. The number of nitrogens with zero attached hydrogens (tertiary/aromatic N) is 2. The SMILES string of the molecule is O=C(CN1C(=O)c2cccc3cccc1c23)N/N=C\c1ccc(OCC(=O)Nc2ccc(F)cc2)cc1. The molecule has 0 aliphatic carbocycles. The summed E-state index contributed by atoms with van der Waals surface area (Å²) in [5.41, 5.74) is 4.90. The summed E-state index contributed by atoms with van der Waals surface area (Å²) in [4.78, 5) is 38.7. The predicted molar refractivity (Wildman–Crippen MR) is 138 cm³/mol. The third-order valence-corrected chi connectivity index (χ3v) is 5.73. The lowest BCUT2D eigenvalue weighted by Gasteiger charge is -2.16. The molecule has 37 heavy (non-hydrogen) atoms. The molecule has 1 heterocycles. The molecule has 8 nitrogen and oxygen atoms in total. The smallest absolute Gasteiger partial charge is 0.262 e. The quantitative estimate of drug-likeness (QED) is 0.283. The monoisotopic (exact) mass is 496 g/mol. The molecule has 1 aliphatic rings. The number of carbonyl (C=O) groups excluding carboxylic acids is 3. The van der Waals surface area contributed by atoms with Gasteiger partial charge in [-0.05, 0) is 71.6 Å². The first-order valence-corrected chi connectivity index (χ1v) is 11.4. The molecule has 0 bridgehead atoms. The predicted octanol–water partition coefficient (Wildman–Crippen LogP) is 4.11. The van der Waals surface area contributed by atoms with Crippen LogP contribution in [0, 0.1) is 5.82 Å². The first-order chi connectivity index (χ1) is 18.0. The highest BCUT2D eigenvalue weighted by atomic mass is 19.1. The van der Waals surface area contributed by atoms with Gasteiger partial charge in [0.2, 0.25) is 0 Å². The summed E-state index contributed by atoms with van der Waals surface area (Å²) in [5.74, 6) is -0.940. The van der Waals surface area contributed by atoms with Gasteiger partial charge in [0.25, 0.3) is 17.7 Å². The van der Waals surface area contributed by atoms with Crippen molar-refractivity contribution >= 4 is 46.1 Å². The Balaban J connectivity index is 1.11. The standard InChI is InChI=1S/C28H21FN4O4/c29-20-9-11-21(12-10-20)31-26(35)17-37-22-13-7-18(8-14-22)15-30-32-25(34)16-33-24-6-2-4-19-3-1-5-23(27(19)24)28(33)36/h1-15H,16-17H2,(H,31,35)(H,32,34)/b30-15-. The van der Waals surface area contributed by atoms with Crippen LogP contribution in [0.25, 0.3) is 10.8 Å². The van der Waals surface area contributed by atoms with E-state index in [1.165, 1.54) is 35.4 Å². The Morgan fingerprint density at radius 2 is 1.65 bits per heavy atom. The van der Waals surface area contributed by atoms with Crippen molar-refractivity contribution < 1.29 is 23.5 Å². The molecule has 0 unspecified atom stereocenters. The van der Waals surface area contributed by atoms with Crippen molar-refractivity contribution in [3.05, 3.63) is 102 Å². The fourth-order valence-electron chi connectivity index (χ4n) is 4.02. The number of carbonyl (C=O) groups is 3. The van der Waals surface area contributed by atoms with Gasteiger partial charge in [-0.25, -0.2) is 9.82 Å². The number of hydrazone groups is 1. The summed E-state index contributed by atoms with van der Waals surface area (Å²) in [6.45, 7) is -0.371. The molecule has 5 rings (SSSR count). The number of amides is 3. The van der Waals surface area contributed by atoms with E-state index in [9.17, 15) is 18.8 Å². The molecule has 2 N–H and O–H groups in total. The first kappa shape index (κ1) is 23.7. The third kappa shape index (κ3) is 5.30. The molecule has 9 heteroatoms. The second-order valence-corrected chi connectivity index (χ2v) is 8.28. The summed E-state index contributed by atoms with van der Waals surface area (Å²) in [6, 6.07) is 23.3. The van der Waals surface area contributed by atoms with Crippen molar-refractivity contribution in [3.63, 3.8) is 0 Å². The van der Waals surface area contributed by atoms with Gasteiger partial charge in [0, 0.05) is 16.6 Å². The fraction of sp³-hybridized carbons (Fsp3) is 0.0714. The summed E-state index contributed by atoms with van der Waals surface area (Å²) >= 11 is 0. The zero-order valence-corrected chi connectivity index (χ0v) is 19.5. The van der Waals surface area contributed by atoms with Gasteiger partial charge in [0.15, 0.2) is 6.61 Å². The highest BCUT2D eigenvalue weighted by Gasteiger charge is 2.30. The van der Waals surface area contributed by atoms with E-state index in [4.69, 9.17) is 4.74 Å². The van der Waals surface area contributed by atoms with Gasteiger partial charge in [-0.2, -0.15) is 5.10 Å². The molecular weight excluding hydrogens is 475 g/mol. The minimum atomic E-state index is -0.429. The summed E-state index contributed by atoms with van der Waals surface area (Å²) < 4.78 is 18.4. The van der Waals surface area contributed by atoms with Crippen LogP contribution in [0.15, 0.2) is 90.0 Å². The lowest BCUT2D eigenvalue weighted by atomic mass is 10.1. The molecule has 184 valence electrons. The maximum absolute atomic E-state index is 12.9. The van der Waals surface area contributed by atoms with Gasteiger partial charge in [-0.15, -0.1) is 0 Å². The second kappa shape index (κ2) is 10.3. The van der Waals surface area contributed by atoms with Crippen LogP contribution in [-0.2, 0) is 9.59 Å². The van der Waals surface area contributed by atoms with E-state index in [1.54, 1.807) is 30.3 Å². The van der Waals surface area contributed by atoms with E-state index in [-0.39, 0.29) is 30.8 Å². The van der Waals surface area contributed by atoms with E-state index in [0.717, 1.165) is 10.8 Å². The van der Waals surface area contributed by atoms with Crippen LogP contribution in [0.3, 0.4) is 0 Å². The van der Waals surface area contributed by atoms with Crippen molar-refractivity contribution in [2.75, 3.05) is 23.4 Å². The molecular formula is C28H21FN4O4. The maximum atomic E-state index is 12.9. The molecule has 0 saturated carbocycles. The van der Waals surface area contributed by atoms with Gasteiger partial charge in [0.1, 0.15) is 18.1 Å². The zero-order valence-electron chi connectivity index (χ0n) is 19.5. The van der Waals surface area contributed by atoms with Crippen LogP contribution in [0.2, 0.25) is 0 Å². The van der Waals surface area contributed by atoms with Gasteiger partial charge in [0.05, 0.1) is 11.9 Å². The molecule has 0 atom stereocenters. The van der Waals surface area contributed by atoms with E-state index < -0.39 is 5.91 Å². The Morgan fingerprint density at radius 1 is 0.919 bits per heavy atom. The van der Waals surface area contributed by atoms with Crippen molar-refractivity contribution in [2.45, 2.75) is 0 Å². The van der Waals surface area contributed by atoms with Gasteiger partial charge in [-0.1, -0.05) is 24.3 Å². The Morgan fingerprint density at radius 3 is 2.41 bits per heavy atom. The molecule has 0 saturated heterocycles. The highest BCUT2D eigenvalue weighted by molar-refractivity contribution is 6.26. The van der Waals surface area contributed by atoms with Crippen LogP contribution in [-0.4, -0.2) is 37.1 Å². The van der Waals surface area contributed by atoms with Gasteiger partial charge in [-0.3, -0.25) is 19.3 Å². The number of ether oxygens (including phenoxy) is 1. The minimum Gasteiger partial charge on any atom is -0.484 e. The van der Waals surface area contributed by atoms with Crippen LogP contribution in [0.1, 0.15) is 15.9 Å². The van der Waals surface area contributed by atoms with Crippen LogP contribution < -0.4 is 20.4 Å². The molecule has 3 amide bonds. The van der Waals surface area contributed by atoms with Crippen molar-refractivity contribution in [3.8, 4) is 5.75 Å². The average molecular weight is 496 g/mol. The number of rotatable bonds is 8. The Bertz CT molecular complexity index is 1510. The number of hydrogen-bond acceptors (Lipinski definition) is 5. The van der Waals surface area contributed by atoms with Crippen LogP contribution in [0.4, 0.5) is 15.8 Å². The average Bonchev–Trinajstić information content (AvgIpc) is 3.17. The van der Waals surface area contributed by atoms with Gasteiger partial charge >= 0.3 is 0 Å². The van der Waals surface area contributed by atoms with E-state index in [2.05, 4.69) is 15.8 Å². The summed E-state index contributed by atoms with van der Waals surface area (Å²) in [5, 5.41) is 8.38. The number of anilines is 2. The van der Waals surface area contributed by atoms with Crippen molar-refractivity contribution in [1.29, 1.82) is 0 Å². The number of benzene rings is 4. The molecule has 0 radical (unpaired) electrons. The summed E-state index contributed by atoms with van der Waals surface area (Å²) in [7, 11) is 0. The third-order valence-electron chi connectivity index (χ3n) is 5.73. The highest BCUT2D eigenvalue weighted by Crippen LogP contribution is 2.36. The van der Waals surface area contributed by atoms with Crippen LogP contribution >= 0.6 is 0 Å². The lowest BCUT2D eigenvalue weighted by Crippen LogP contribution is -2.37. The van der Waals surface area contributed by atoms with Crippen molar-refractivity contribution in [2.24, 2.45) is 5.10 Å². The van der Waals surface area contributed by atoms with Crippen LogP contribution in [0.5, 0.6) is 5.75 Å². The molecule has 1 aliphatic heterocycles. The molecule has 0 spiro atoms. The number of hydrogen-bond donors (Lipinski definition) is 2. The summed E-state index contributed by atoms with van der Waals surface area (Å²) in [6.07, 6.45) is 1.46. The van der Waals surface area contributed by atoms with E-state index in [0.29, 0.717) is 28.3 Å². The fourth-order valence-corrected chi connectivity index (χ4v) is 4.02. The Labute approximate surface area is 211 Å². The largest absolute Gasteiger partial charge is 0.484 e. The topological polar surface area (TPSA) is 100 Å². The van der Waals surface area contributed by atoms with E-state index >= 15 is 0 Å². The second-order valence-electron chi connectivity index (χ2n) is 8.28. The molecule has 4 aromatic rings. The van der Waals surface area contributed by atoms with Gasteiger partial charge < -0.3 is 10.1 Å². The molecule has 4 aromatic carbocycles. The van der Waals surface area contributed by atoms with Crippen molar-refractivity contribution in [1.82, 2.24) is 5.43 Å². The zero-order chi connectivity index (χ0) is 25.8. The molecule has 0 aromatic heterocycles.